The number of benzene rings is 4. The highest BCUT2D eigenvalue weighted by atomic mass is 32.2. The Labute approximate surface area is 186 Å². The van der Waals surface area contributed by atoms with E-state index < -0.39 is 17.7 Å². The monoisotopic (exact) mass is 443 g/mol. The second kappa shape index (κ2) is 10.0. The van der Waals surface area contributed by atoms with Gasteiger partial charge in [0.15, 0.2) is 0 Å². The topological polar surface area (TPSA) is 29.4 Å². The van der Waals surface area contributed by atoms with Gasteiger partial charge in [0.25, 0.3) is 0 Å². The Morgan fingerprint density at radius 1 is 0.677 bits per heavy atom. The first-order chi connectivity index (χ1) is 15.2. The molecule has 1 unspecified atom stereocenters. The molecule has 0 radical (unpaired) electrons. The predicted octanol–water partition coefficient (Wildman–Crippen LogP) is 6.02. The first-order valence-corrected chi connectivity index (χ1v) is 13.4. The molecule has 2 atom stereocenters. The van der Waals surface area contributed by atoms with Crippen LogP contribution in [0.15, 0.2) is 131 Å². The minimum absolute atomic E-state index is 0.0670. The Hall–Kier alpha value is -2.74. The Balaban J connectivity index is 1.89. The molecule has 31 heavy (non-hydrogen) atoms. The van der Waals surface area contributed by atoms with Crippen molar-refractivity contribution < 1.29 is 4.21 Å². The molecule has 0 amide bonds. The molecule has 0 saturated carbocycles. The number of nitrogens with zero attached hydrogens (tertiary/aromatic N) is 1. The van der Waals surface area contributed by atoms with Gasteiger partial charge in [-0.05, 0) is 36.2 Å². The molecule has 4 heteroatoms. The van der Waals surface area contributed by atoms with E-state index in [1.165, 1.54) is 16.2 Å². The first kappa shape index (κ1) is 21.5. The highest BCUT2D eigenvalue weighted by Crippen LogP contribution is 2.50. The Bertz CT molecular complexity index is 1170. The third kappa shape index (κ3) is 4.95. The summed E-state index contributed by atoms with van der Waals surface area (Å²) in [7, 11) is -1.68. The van der Waals surface area contributed by atoms with Gasteiger partial charge in [-0.3, -0.25) is 0 Å². The summed E-state index contributed by atoms with van der Waals surface area (Å²) < 4.78 is 18.6. The molecule has 0 aliphatic rings. The van der Waals surface area contributed by atoms with Crippen molar-refractivity contribution in [2.24, 2.45) is 4.36 Å². The van der Waals surface area contributed by atoms with Crippen LogP contribution in [0.2, 0.25) is 0 Å². The van der Waals surface area contributed by atoms with E-state index in [2.05, 4.69) is 77.2 Å². The molecule has 4 aromatic carbocycles. The molecular formula is C27H26NOPS. The van der Waals surface area contributed by atoms with Gasteiger partial charge in [0.1, 0.15) is 0 Å². The molecular weight excluding hydrogens is 417 g/mol. The molecule has 0 aliphatic carbocycles. The van der Waals surface area contributed by atoms with E-state index in [1.807, 2.05) is 48.5 Å². The molecule has 2 nitrogen and oxygen atoms in total. The van der Waals surface area contributed by atoms with Gasteiger partial charge < -0.3 is 0 Å². The fourth-order valence-electron chi connectivity index (χ4n) is 3.80. The van der Waals surface area contributed by atoms with Crippen LogP contribution in [0.25, 0.3) is 0 Å². The molecule has 0 aliphatic heterocycles. The Kier molecular flexibility index (Phi) is 6.96. The molecule has 0 bridgehead atoms. The van der Waals surface area contributed by atoms with Crippen molar-refractivity contribution in [3.63, 3.8) is 0 Å². The second-order valence-corrected chi connectivity index (χ2v) is 12.1. The standard InChI is InChI=1S/C27H26NOPS/c1-28-31(29,26-20-12-5-13-21-26)22-27(23-14-6-2-7-15-23)30(24-16-8-3-9-17-24)25-18-10-4-11-19-25/h2-21,27H,22H2,1H3/t27-,31?/m1/s1. The van der Waals surface area contributed by atoms with Crippen molar-refractivity contribution in [2.75, 3.05) is 12.8 Å². The number of rotatable bonds is 7. The number of hydrogen-bond donors (Lipinski definition) is 0. The molecule has 156 valence electrons. The Morgan fingerprint density at radius 2 is 1.10 bits per heavy atom. The third-order valence-electron chi connectivity index (χ3n) is 5.35. The van der Waals surface area contributed by atoms with Crippen LogP contribution in [0.3, 0.4) is 0 Å². The molecule has 0 N–H and O–H groups in total. The molecule has 0 heterocycles. The highest BCUT2D eigenvalue weighted by molar-refractivity contribution is 7.94. The van der Waals surface area contributed by atoms with E-state index >= 15 is 0 Å². The fourth-order valence-corrected chi connectivity index (χ4v) is 9.24. The summed E-state index contributed by atoms with van der Waals surface area (Å²) in [4.78, 5) is 0.800. The molecule has 4 rings (SSSR count). The van der Waals surface area contributed by atoms with Crippen molar-refractivity contribution in [3.05, 3.63) is 127 Å². The summed E-state index contributed by atoms with van der Waals surface area (Å²) in [6.45, 7) is 0. The molecule has 0 aromatic heterocycles. The van der Waals surface area contributed by atoms with E-state index in [0.29, 0.717) is 5.75 Å². The van der Waals surface area contributed by atoms with Crippen LogP contribution < -0.4 is 10.6 Å². The van der Waals surface area contributed by atoms with Crippen molar-refractivity contribution in [1.29, 1.82) is 0 Å². The lowest BCUT2D eigenvalue weighted by atomic mass is 10.2. The average molecular weight is 444 g/mol. The predicted molar refractivity (Wildman–Crippen MR) is 134 cm³/mol. The fraction of sp³-hybridized carbons (Fsp3) is 0.111. The number of hydrogen-bond acceptors (Lipinski definition) is 2. The van der Waals surface area contributed by atoms with Crippen LogP contribution in [-0.4, -0.2) is 17.0 Å². The maximum absolute atomic E-state index is 14.2. The van der Waals surface area contributed by atoms with Crippen molar-refractivity contribution in [2.45, 2.75) is 10.6 Å². The molecule has 0 fully saturated rings. The lowest BCUT2D eigenvalue weighted by Gasteiger charge is -2.30. The van der Waals surface area contributed by atoms with Gasteiger partial charge in [0.2, 0.25) is 0 Å². The molecule has 4 aromatic rings. The van der Waals surface area contributed by atoms with E-state index in [-0.39, 0.29) is 5.66 Å². The van der Waals surface area contributed by atoms with Crippen LogP contribution in [0, 0.1) is 0 Å². The summed E-state index contributed by atoms with van der Waals surface area (Å²) in [5, 5.41) is 2.56. The zero-order valence-corrected chi connectivity index (χ0v) is 19.3. The quantitative estimate of drug-likeness (QED) is 0.321. The van der Waals surface area contributed by atoms with Gasteiger partial charge in [0, 0.05) is 23.4 Å². The van der Waals surface area contributed by atoms with Crippen molar-refractivity contribution in [3.8, 4) is 0 Å². The van der Waals surface area contributed by atoms with Crippen molar-refractivity contribution in [1.82, 2.24) is 0 Å². The minimum atomic E-state index is -2.57. The third-order valence-corrected chi connectivity index (χ3v) is 10.8. The smallest absolute Gasteiger partial charge is 0.0759 e. The van der Waals surface area contributed by atoms with E-state index in [0.717, 1.165) is 4.90 Å². The maximum atomic E-state index is 14.2. The van der Waals surface area contributed by atoms with Gasteiger partial charge >= 0.3 is 0 Å². The molecule has 0 spiro atoms. The summed E-state index contributed by atoms with van der Waals surface area (Å²) in [5.41, 5.74) is 1.27. The van der Waals surface area contributed by atoms with Gasteiger partial charge in [-0.2, -0.15) is 0 Å². The maximum Gasteiger partial charge on any atom is 0.0759 e. The Morgan fingerprint density at radius 3 is 1.55 bits per heavy atom. The van der Waals surface area contributed by atoms with Gasteiger partial charge in [-0.25, -0.2) is 8.57 Å². The summed E-state index contributed by atoms with van der Waals surface area (Å²) in [5.74, 6) is 0.479. The second-order valence-electron chi connectivity index (χ2n) is 7.27. The lowest BCUT2D eigenvalue weighted by Crippen LogP contribution is -2.23. The largest absolute Gasteiger partial charge is 0.245 e. The molecule has 0 saturated heterocycles. The van der Waals surface area contributed by atoms with E-state index in [1.54, 1.807) is 7.05 Å². The van der Waals surface area contributed by atoms with Crippen LogP contribution in [-0.2, 0) is 9.73 Å². The highest BCUT2D eigenvalue weighted by Gasteiger charge is 2.30. The van der Waals surface area contributed by atoms with Crippen LogP contribution in [0.1, 0.15) is 11.2 Å². The van der Waals surface area contributed by atoms with Gasteiger partial charge in [-0.15, -0.1) is 0 Å². The summed E-state index contributed by atoms with van der Waals surface area (Å²) >= 11 is 0. The lowest BCUT2D eigenvalue weighted by molar-refractivity contribution is 0.674. The zero-order chi connectivity index (χ0) is 21.5. The normalized spacial score (nSPS) is 14.0. The average Bonchev–Trinajstić information content (AvgIpc) is 2.86. The van der Waals surface area contributed by atoms with Gasteiger partial charge in [-0.1, -0.05) is 109 Å². The van der Waals surface area contributed by atoms with Gasteiger partial charge in [0.05, 0.1) is 9.73 Å². The first-order valence-electron chi connectivity index (χ1n) is 10.3. The SMILES string of the molecule is CN=S(=O)(C[C@H](c1ccccc1)P(c1ccccc1)c1ccccc1)c1ccccc1. The van der Waals surface area contributed by atoms with E-state index in [4.69, 9.17) is 0 Å². The van der Waals surface area contributed by atoms with Crippen LogP contribution in [0.4, 0.5) is 0 Å². The summed E-state index contributed by atoms with van der Waals surface area (Å²) in [6, 6.07) is 41.4. The summed E-state index contributed by atoms with van der Waals surface area (Å²) in [6.07, 6.45) is 0. The van der Waals surface area contributed by atoms with Crippen molar-refractivity contribution >= 4 is 28.3 Å². The van der Waals surface area contributed by atoms with Crippen LogP contribution >= 0.6 is 7.92 Å². The minimum Gasteiger partial charge on any atom is -0.245 e. The van der Waals surface area contributed by atoms with Crippen LogP contribution in [0.5, 0.6) is 0 Å². The van der Waals surface area contributed by atoms with E-state index in [9.17, 15) is 4.21 Å². The zero-order valence-electron chi connectivity index (χ0n) is 17.5.